The first kappa shape index (κ1) is 14.4. The molecule has 4 nitrogen and oxygen atoms in total. The molecular formula is C17H16FN2O2+. The number of fused-ring (bicyclic) bond motifs is 1. The van der Waals surface area contributed by atoms with Crippen molar-refractivity contribution in [2.24, 2.45) is 0 Å². The summed E-state index contributed by atoms with van der Waals surface area (Å²) in [6.07, 6.45) is 0. The minimum Gasteiger partial charge on any atom is -0.316 e. The largest absolute Gasteiger partial charge is 0.316 e. The molecule has 1 aliphatic heterocycles. The number of amides is 1. The van der Waals surface area contributed by atoms with E-state index in [1.807, 2.05) is 13.1 Å². The molecule has 22 heavy (non-hydrogen) atoms. The number of halogens is 1. The summed E-state index contributed by atoms with van der Waals surface area (Å²) in [7, 11) is 1.93. The number of quaternary nitrogens is 1. The zero-order valence-corrected chi connectivity index (χ0v) is 12.2. The molecule has 1 amide bonds. The summed E-state index contributed by atoms with van der Waals surface area (Å²) in [5.74, 6) is -1.21. The second-order valence-electron chi connectivity index (χ2n) is 5.50. The molecule has 1 atom stereocenters. The van der Waals surface area contributed by atoms with Crippen LogP contribution in [0.2, 0.25) is 0 Å². The highest BCUT2D eigenvalue weighted by Crippen LogP contribution is 2.27. The minimum absolute atomic E-state index is 0.268. The monoisotopic (exact) mass is 299 g/mol. The number of hydrogen-bond acceptors (Lipinski definition) is 2. The van der Waals surface area contributed by atoms with Gasteiger partial charge in [0.15, 0.2) is 6.67 Å². The quantitative estimate of drug-likeness (QED) is 0.857. The highest BCUT2D eigenvalue weighted by molar-refractivity contribution is 6.52. The Morgan fingerprint density at radius 3 is 2.45 bits per heavy atom. The molecule has 2 aromatic rings. The minimum atomic E-state index is -0.486. The van der Waals surface area contributed by atoms with Gasteiger partial charge in [0.1, 0.15) is 12.4 Å². The van der Waals surface area contributed by atoms with Gasteiger partial charge >= 0.3 is 5.91 Å². The molecule has 0 saturated heterocycles. The summed E-state index contributed by atoms with van der Waals surface area (Å²) < 4.78 is 12.9. The molecule has 1 unspecified atom stereocenters. The molecule has 0 aromatic heterocycles. The lowest BCUT2D eigenvalue weighted by Gasteiger charge is -2.21. The van der Waals surface area contributed by atoms with Crippen LogP contribution in [-0.4, -0.2) is 25.4 Å². The van der Waals surface area contributed by atoms with Crippen LogP contribution < -0.4 is 9.80 Å². The Morgan fingerprint density at radius 1 is 1.05 bits per heavy atom. The number of nitrogens with zero attached hydrogens (tertiary/aromatic N) is 1. The van der Waals surface area contributed by atoms with Crippen LogP contribution >= 0.6 is 0 Å². The maximum Gasteiger partial charge on any atom is 0.303 e. The number of benzene rings is 2. The molecule has 0 fully saturated rings. The van der Waals surface area contributed by atoms with E-state index in [0.29, 0.717) is 24.5 Å². The summed E-state index contributed by atoms with van der Waals surface area (Å²) in [4.78, 5) is 26.6. The molecule has 112 valence electrons. The van der Waals surface area contributed by atoms with Gasteiger partial charge in [0.25, 0.3) is 5.78 Å². The maximum atomic E-state index is 12.9. The van der Waals surface area contributed by atoms with Crippen LogP contribution in [0.5, 0.6) is 0 Å². The number of para-hydroxylation sites is 1. The number of ketones is 1. The topological polar surface area (TPSA) is 41.8 Å². The fourth-order valence-corrected chi connectivity index (χ4v) is 2.68. The zero-order valence-electron chi connectivity index (χ0n) is 12.2. The summed E-state index contributed by atoms with van der Waals surface area (Å²) >= 11 is 0. The summed E-state index contributed by atoms with van der Waals surface area (Å²) in [6.45, 7) is 1.03. The van der Waals surface area contributed by atoms with Gasteiger partial charge in [0.2, 0.25) is 0 Å². The van der Waals surface area contributed by atoms with E-state index in [-0.39, 0.29) is 5.82 Å². The molecule has 3 rings (SSSR count). The summed E-state index contributed by atoms with van der Waals surface area (Å²) in [5, 5.41) is 0. The van der Waals surface area contributed by atoms with Crippen molar-refractivity contribution in [3.63, 3.8) is 0 Å². The number of carbonyl (C=O) groups is 2. The molecule has 2 aromatic carbocycles. The van der Waals surface area contributed by atoms with E-state index in [1.54, 1.807) is 30.3 Å². The van der Waals surface area contributed by atoms with Gasteiger partial charge in [0, 0.05) is 5.56 Å². The highest BCUT2D eigenvalue weighted by atomic mass is 19.1. The third kappa shape index (κ3) is 2.63. The third-order valence-corrected chi connectivity index (χ3v) is 3.73. The molecule has 1 N–H and O–H groups in total. The van der Waals surface area contributed by atoms with Gasteiger partial charge in [-0.1, -0.05) is 24.3 Å². The van der Waals surface area contributed by atoms with Gasteiger partial charge in [-0.15, -0.1) is 0 Å². The Morgan fingerprint density at radius 2 is 1.73 bits per heavy atom. The van der Waals surface area contributed by atoms with Crippen LogP contribution in [0.3, 0.4) is 0 Å². The SMILES string of the molecule is C[NH+](Cc1ccc(F)cc1)CN1C(=O)C(=O)c2ccccc21. The fraction of sp³-hybridized carbons (Fsp3) is 0.176. The third-order valence-electron chi connectivity index (χ3n) is 3.73. The smallest absolute Gasteiger partial charge is 0.303 e. The molecular weight excluding hydrogens is 283 g/mol. The second-order valence-corrected chi connectivity index (χ2v) is 5.50. The van der Waals surface area contributed by atoms with Gasteiger partial charge in [0.05, 0.1) is 18.3 Å². The molecule has 1 heterocycles. The zero-order chi connectivity index (χ0) is 15.7. The van der Waals surface area contributed by atoms with Crippen molar-refractivity contribution in [3.8, 4) is 0 Å². The van der Waals surface area contributed by atoms with Crippen molar-refractivity contribution >= 4 is 17.4 Å². The molecule has 0 radical (unpaired) electrons. The van der Waals surface area contributed by atoms with Gasteiger partial charge in [-0.2, -0.15) is 0 Å². The van der Waals surface area contributed by atoms with Crippen molar-refractivity contribution in [1.82, 2.24) is 0 Å². The normalized spacial score (nSPS) is 15.1. The standard InChI is InChI=1S/C17H15FN2O2/c1-19(10-12-6-8-13(18)9-7-12)11-20-15-5-3-2-4-14(15)16(21)17(20)22/h2-9H,10-11H2,1H3/p+1. The average molecular weight is 299 g/mol. The molecule has 1 aliphatic rings. The van der Waals surface area contributed by atoms with Gasteiger partial charge in [-0.3, -0.25) is 14.5 Å². The summed E-state index contributed by atoms with van der Waals surface area (Å²) in [5.41, 5.74) is 2.10. The van der Waals surface area contributed by atoms with Gasteiger partial charge < -0.3 is 4.90 Å². The lowest BCUT2D eigenvalue weighted by molar-refractivity contribution is -0.892. The fourth-order valence-electron chi connectivity index (χ4n) is 2.68. The number of nitrogens with one attached hydrogen (secondary N) is 1. The van der Waals surface area contributed by atoms with Crippen LogP contribution in [0.25, 0.3) is 0 Å². The first-order valence-electron chi connectivity index (χ1n) is 7.07. The van der Waals surface area contributed by atoms with Crippen molar-refractivity contribution in [3.05, 3.63) is 65.5 Å². The van der Waals surface area contributed by atoms with E-state index in [4.69, 9.17) is 0 Å². The van der Waals surface area contributed by atoms with Crippen LogP contribution in [0.1, 0.15) is 15.9 Å². The van der Waals surface area contributed by atoms with E-state index in [2.05, 4.69) is 0 Å². The number of rotatable bonds is 4. The van der Waals surface area contributed by atoms with Crippen LogP contribution in [0, 0.1) is 5.82 Å². The van der Waals surface area contributed by atoms with Crippen LogP contribution in [0.4, 0.5) is 10.1 Å². The molecule has 5 heteroatoms. The second kappa shape index (κ2) is 5.69. The number of anilines is 1. The lowest BCUT2D eigenvalue weighted by atomic mass is 10.1. The average Bonchev–Trinajstić information content (AvgIpc) is 2.75. The van der Waals surface area contributed by atoms with E-state index in [1.165, 1.54) is 17.0 Å². The summed E-state index contributed by atoms with van der Waals surface area (Å²) in [6, 6.07) is 13.3. The van der Waals surface area contributed by atoms with Crippen molar-refractivity contribution < 1.29 is 18.9 Å². The molecule has 0 saturated carbocycles. The van der Waals surface area contributed by atoms with E-state index in [9.17, 15) is 14.0 Å². The first-order valence-corrected chi connectivity index (χ1v) is 7.07. The molecule has 0 aliphatic carbocycles. The Labute approximate surface area is 127 Å². The molecule has 0 spiro atoms. The first-order chi connectivity index (χ1) is 10.6. The Kier molecular flexibility index (Phi) is 3.73. The predicted molar refractivity (Wildman–Crippen MR) is 80.1 cm³/mol. The van der Waals surface area contributed by atoms with Crippen LogP contribution in [-0.2, 0) is 11.3 Å². The Bertz CT molecular complexity index is 728. The predicted octanol–water partition coefficient (Wildman–Crippen LogP) is 1.03. The maximum absolute atomic E-state index is 12.9. The number of carbonyl (C=O) groups excluding carboxylic acids is 2. The van der Waals surface area contributed by atoms with Crippen molar-refractivity contribution in [2.45, 2.75) is 6.54 Å². The van der Waals surface area contributed by atoms with Crippen LogP contribution in [0.15, 0.2) is 48.5 Å². The van der Waals surface area contributed by atoms with E-state index >= 15 is 0 Å². The van der Waals surface area contributed by atoms with Crippen molar-refractivity contribution in [1.29, 1.82) is 0 Å². The number of hydrogen-bond donors (Lipinski definition) is 1. The Hall–Kier alpha value is -2.53. The highest BCUT2D eigenvalue weighted by Gasteiger charge is 2.36. The lowest BCUT2D eigenvalue weighted by Crippen LogP contribution is -3.09. The Balaban J connectivity index is 1.74. The van der Waals surface area contributed by atoms with E-state index < -0.39 is 11.7 Å². The van der Waals surface area contributed by atoms with Gasteiger partial charge in [-0.25, -0.2) is 4.39 Å². The van der Waals surface area contributed by atoms with E-state index in [0.717, 1.165) is 10.5 Å². The van der Waals surface area contributed by atoms with Crippen molar-refractivity contribution in [2.75, 3.05) is 18.6 Å². The number of Topliss-reactive ketones (excluding diaryl/α,β-unsaturated/α-hetero) is 1. The molecule has 0 bridgehead atoms. The van der Waals surface area contributed by atoms with Gasteiger partial charge in [-0.05, 0) is 24.3 Å².